The predicted octanol–water partition coefficient (Wildman–Crippen LogP) is 3.52. The molecule has 0 saturated carbocycles. The molecule has 2 heterocycles. The highest BCUT2D eigenvalue weighted by Gasteiger charge is 2.37. The van der Waals surface area contributed by atoms with E-state index in [1.807, 2.05) is 19.1 Å². The van der Waals surface area contributed by atoms with Crippen molar-refractivity contribution in [1.82, 2.24) is 10.2 Å². The van der Waals surface area contributed by atoms with Crippen LogP contribution in [0.2, 0.25) is 5.02 Å². The average Bonchev–Trinajstić information content (AvgIpc) is 3.04. The Morgan fingerprint density at radius 2 is 2.25 bits per heavy atom. The molecule has 0 bridgehead atoms. The molecule has 1 aromatic heterocycles. The van der Waals surface area contributed by atoms with Crippen molar-refractivity contribution in [2.75, 3.05) is 0 Å². The summed E-state index contributed by atoms with van der Waals surface area (Å²) in [6, 6.07) is 5.53. The van der Waals surface area contributed by atoms with Gasteiger partial charge in [0.1, 0.15) is 6.10 Å². The Labute approximate surface area is 121 Å². The number of carbonyl (C=O) groups is 1. The smallest absolute Gasteiger partial charge is 0.334 e. The van der Waals surface area contributed by atoms with Crippen LogP contribution in [-0.2, 0) is 9.53 Å². The van der Waals surface area contributed by atoms with E-state index in [0.29, 0.717) is 10.6 Å². The number of carbonyl (C=O) groups excluding carboxylic acids is 1. The molecule has 0 radical (unpaired) electrons. The molecular weight excluding hydrogens is 276 g/mol. The molecule has 1 N–H and O–H groups in total. The Morgan fingerprint density at radius 1 is 1.45 bits per heavy atom. The minimum absolute atomic E-state index is 0.0608. The van der Waals surface area contributed by atoms with E-state index in [-0.39, 0.29) is 18.0 Å². The van der Waals surface area contributed by atoms with Crippen molar-refractivity contribution in [3.8, 4) is 11.1 Å². The first-order valence-corrected chi connectivity index (χ1v) is 6.64. The standard InChI is InChI=1S/C15H13ClN2O2/c1-8-9(2)15(19)20-14(8)12-4-3-11(16)5-13(12)10-6-17-18-7-10/h3-8,14H,2H2,1H3,(H,17,18)/t8-,14+/m1/s1. The third kappa shape index (κ3) is 2.02. The van der Waals surface area contributed by atoms with Crippen LogP contribution in [0, 0.1) is 5.92 Å². The summed E-state index contributed by atoms with van der Waals surface area (Å²) in [5, 5.41) is 7.35. The second-order valence-electron chi connectivity index (χ2n) is 4.86. The summed E-state index contributed by atoms with van der Waals surface area (Å²) in [7, 11) is 0. The van der Waals surface area contributed by atoms with E-state index < -0.39 is 0 Å². The fraction of sp³-hybridized carbons (Fsp3) is 0.200. The van der Waals surface area contributed by atoms with Crippen molar-refractivity contribution in [2.24, 2.45) is 5.92 Å². The van der Waals surface area contributed by atoms with E-state index in [2.05, 4.69) is 16.8 Å². The predicted molar refractivity (Wildman–Crippen MR) is 76.2 cm³/mol. The van der Waals surface area contributed by atoms with Crippen LogP contribution in [0.4, 0.5) is 0 Å². The van der Waals surface area contributed by atoms with E-state index in [9.17, 15) is 4.79 Å². The van der Waals surface area contributed by atoms with Gasteiger partial charge in [-0.3, -0.25) is 5.10 Å². The maximum Gasteiger partial charge on any atom is 0.334 e. The Morgan fingerprint density at radius 3 is 2.85 bits per heavy atom. The molecule has 0 spiro atoms. The Kier molecular flexibility index (Phi) is 3.10. The summed E-state index contributed by atoms with van der Waals surface area (Å²) in [6.07, 6.45) is 3.16. The molecule has 1 aliphatic rings. The molecule has 102 valence electrons. The highest BCUT2D eigenvalue weighted by atomic mass is 35.5. The van der Waals surface area contributed by atoms with E-state index in [4.69, 9.17) is 16.3 Å². The molecular formula is C15H13ClN2O2. The van der Waals surface area contributed by atoms with E-state index in [1.54, 1.807) is 18.5 Å². The summed E-state index contributed by atoms with van der Waals surface area (Å²) < 4.78 is 5.44. The largest absolute Gasteiger partial charge is 0.453 e. The summed E-state index contributed by atoms with van der Waals surface area (Å²) >= 11 is 6.08. The van der Waals surface area contributed by atoms with Gasteiger partial charge in [-0.1, -0.05) is 31.2 Å². The number of H-pyrrole nitrogens is 1. The Balaban J connectivity index is 2.11. The molecule has 5 heteroatoms. The van der Waals surface area contributed by atoms with Crippen molar-refractivity contribution in [3.05, 3.63) is 53.3 Å². The summed E-state index contributed by atoms with van der Waals surface area (Å²) in [4.78, 5) is 11.7. The van der Waals surface area contributed by atoms with Gasteiger partial charge in [-0.05, 0) is 17.7 Å². The fourth-order valence-electron chi connectivity index (χ4n) is 2.42. The monoisotopic (exact) mass is 288 g/mol. The number of benzene rings is 1. The van der Waals surface area contributed by atoms with Gasteiger partial charge >= 0.3 is 5.97 Å². The molecule has 1 aromatic carbocycles. The van der Waals surface area contributed by atoms with Crippen molar-refractivity contribution in [1.29, 1.82) is 0 Å². The number of ether oxygens (including phenoxy) is 1. The normalized spacial score (nSPS) is 22.1. The summed E-state index contributed by atoms with van der Waals surface area (Å²) in [6.45, 7) is 5.72. The second-order valence-corrected chi connectivity index (χ2v) is 5.29. The number of esters is 1. The Bertz CT molecular complexity index is 679. The van der Waals surface area contributed by atoms with Crippen molar-refractivity contribution >= 4 is 17.6 Å². The van der Waals surface area contributed by atoms with E-state index in [0.717, 1.165) is 16.7 Å². The Hall–Kier alpha value is -2.07. The molecule has 2 atom stereocenters. The number of aromatic amines is 1. The minimum Gasteiger partial charge on any atom is -0.453 e. The lowest BCUT2D eigenvalue weighted by molar-refractivity contribution is -0.139. The van der Waals surface area contributed by atoms with Gasteiger partial charge in [0.2, 0.25) is 0 Å². The van der Waals surface area contributed by atoms with Gasteiger partial charge in [-0.2, -0.15) is 5.10 Å². The van der Waals surface area contributed by atoms with Gasteiger partial charge in [0, 0.05) is 33.8 Å². The van der Waals surface area contributed by atoms with Crippen molar-refractivity contribution < 1.29 is 9.53 Å². The molecule has 1 saturated heterocycles. The zero-order chi connectivity index (χ0) is 14.3. The quantitative estimate of drug-likeness (QED) is 0.679. The first-order valence-electron chi connectivity index (χ1n) is 6.26. The van der Waals surface area contributed by atoms with Crippen LogP contribution < -0.4 is 0 Å². The molecule has 20 heavy (non-hydrogen) atoms. The third-order valence-electron chi connectivity index (χ3n) is 3.63. The fourth-order valence-corrected chi connectivity index (χ4v) is 2.59. The van der Waals surface area contributed by atoms with Crippen LogP contribution >= 0.6 is 11.6 Å². The van der Waals surface area contributed by atoms with Crippen LogP contribution in [0.15, 0.2) is 42.7 Å². The number of nitrogens with one attached hydrogen (secondary N) is 1. The zero-order valence-corrected chi connectivity index (χ0v) is 11.6. The van der Waals surface area contributed by atoms with Gasteiger partial charge in [-0.25, -0.2) is 4.79 Å². The lowest BCUT2D eigenvalue weighted by atomic mass is 9.90. The molecule has 3 rings (SSSR count). The van der Waals surface area contributed by atoms with Gasteiger partial charge in [-0.15, -0.1) is 0 Å². The first-order chi connectivity index (χ1) is 9.58. The van der Waals surface area contributed by atoms with Crippen molar-refractivity contribution in [3.63, 3.8) is 0 Å². The molecule has 0 aliphatic carbocycles. The summed E-state index contributed by atoms with van der Waals surface area (Å²) in [5.41, 5.74) is 3.23. The molecule has 1 fully saturated rings. The van der Waals surface area contributed by atoms with Crippen LogP contribution in [0.1, 0.15) is 18.6 Å². The van der Waals surface area contributed by atoms with Crippen LogP contribution in [0.5, 0.6) is 0 Å². The SMILES string of the molecule is C=C1C(=O)O[C@H](c2ccc(Cl)cc2-c2cn[nH]c2)[C@@H]1C. The maximum atomic E-state index is 11.7. The average molecular weight is 289 g/mol. The van der Waals surface area contributed by atoms with Crippen LogP contribution in [-0.4, -0.2) is 16.2 Å². The van der Waals surface area contributed by atoms with Gasteiger partial charge in [0.25, 0.3) is 0 Å². The van der Waals surface area contributed by atoms with Gasteiger partial charge in [0.05, 0.1) is 6.20 Å². The number of hydrogen-bond acceptors (Lipinski definition) is 3. The number of rotatable bonds is 2. The number of aromatic nitrogens is 2. The maximum absolute atomic E-state index is 11.7. The van der Waals surface area contributed by atoms with Gasteiger partial charge < -0.3 is 4.74 Å². The van der Waals surface area contributed by atoms with E-state index >= 15 is 0 Å². The number of cyclic esters (lactones) is 1. The van der Waals surface area contributed by atoms with Crippen LogP contribution in [0.25, 0.3) is 11.1 Å². The zero-order valence-electron chi connectivity index (χ0n) is 10.9. The third-order valence-corrected chi connectivity index (χ3v) is 3.87. The van der Waals surface area contributed by atoms with Crippen LogP contribution in [0.3, 0.4) is 0 Å². The lowest BCUT2D eigenvalue weighted by Gasteiger charge is -2.18. The molecule has 2 aromatic rings. The highest BCUT2D eigenvalue weighted by Crippen LogP contribution is 2.42. The first kappa shape index (κ1) is 12.9. The molecule has 1 aliphatic heterocycles. The second kappa shape index (κ2) is 4.80. The topological polar surface area (TPSA) is 55.0 Å². The van der Waals surface area contributed by atoms with E-state index in [1.165, 1.54) is 0 Å². The number of nitrogens with zero attached hydrogens (tertiary/aromatic N) is 1. The van der Waals surface area contributed by atoms with Gasteiger partial charge in [0.15, 0.2) is 0 Å². The molecule has 0 amide bonds. The number of halogens is 1. The lowest BCUT2D eigenvalue weighted by Crippen LogP contribution is -2.06. The molecule has 0 unspecified atom stereocenters. The highest BCUT2D eigenvalue weighted by molar-refractivity contribution is 6.30. The number of hydrogen-bond donors (Lipinski definition) is 1. The van der Waals surface area contributed by atoms with Crippen molar-refractivity contribution in [2.45, 2.75) is 13.0 Å². The minimum atomic E-state index is -0.337. The summed E-state index contributed by atoms with van der Waals surface area (Å²) in [5.74, 6) is -0.398. The molecule has 4 nitrogen and oxygen atoms in total.